The van der Waals surface area contributed by atoms with Gasteiger partial charge < -0.3 is 24.1 Å². The highest BCUT2D eigenvalue weighted by molar-refractivity contribution is 6.30. The third-order valence-electron chi connectivity index (χ3n) is 4.51. The number of furan rings is 1. The molecule has 0 atom stereocenters. The fourth-order valence-electron chi connectivity index (χ4n) is 3.07. The predicted molar refractivity (Wildman–Crippen MR) is 113 cm³/mol. The molecular weight excluding hydrogens is 408 g/mol. The fourth-order valence-corrected chi connectivity index (χ4v) is 3.19. The lowest BCUT2D eigenvalue weighted by molar-refractivity contribution is -0.121. The standard InChI is InChI=1S/C22H19ClN2O5/c23-15-4-7-17(8-5-15)28-12-2-10-25-18-13-16(6-9-19(18)30-14-21(25)26)24-22(27)20-3-1-11-29-20/h1,3-9,11,13H,2,10,12,14H2,(H,24,27). The minimum atomic E-state index is -0.370. The van der Waals surface area contributed by atoms with Gasteiger partial charge in [0.05, 0.1) is 18.6 Å². The molecule has 2 amide bonds. The number of carbonyl (C=O) groups is 2. The van der Waals surface area contributed by atoms with Crippen LogP contribution in [0.2, 0.25) is 5.02 Å². The fraction of sp³-hybridized carbons (Fsp3) is 0.182. The van der Waals surface area contributed by atoms with Crippen molar-refractivity contribution in [3.05, 3.63) is 71.6 Å². The number of nitrogens with one attached hydrogen (secondary N) is 1. The Balaban J connectivity index is 1.41. The molecule has 3 aromatic rings. The number of nitrogens with zero attached hydrogens (tertiary/aromatic N) is 1. The van der Waals surface area contributed by atoms with E-state index in [0.29, 0.717) is 41.7 Å². The number of halogens is 1. The lowest BCUT2D eigenvalue weighted by Crippen LogP contribution is -2.39. The van der Waals surface area contributed by atoms with Crippen molar-refractivity contribution in [1.82, 2.24) is 0 Å². The zero-order chi connectivity index (χ0) is 20.9. The van der Waals surface area contributed by atoms with Gasteiger partial charge in [-0.05, 0) is 61.0 Å². The Morgan fingerprint density at radius 2 is 2.00 bits per heavy atom. The van der Waals surface area contributed by atoms with E-state index in [9.17, 15) is 9.59 Å². The second-order valence-electron chi connectivity index (χ2n) is 6.60. The molecule has 0 bridgehead atoms. The summed E-state index contributed by atoms with van der Waals surface area (Å²) in [6.07, 6.45) is 2.05. The second-order valence-corrected chi connectivity index (χ2v) is 7.04. The molecule has 0 fully saturated rings. The number of rotatable bonds is 7. The van der Waals surface area contributed by atoms with E-state index in [1.165, 1.54) is 6.26 Å². The molecule has 0 radical (unpaired) electrons. The maximum Gasteiger partial charge on any atom is 0.291 e. The minimum absolute atomic E-state index is 0.0247. The summed E-state index contributed by atoms with van der Waals surface area (Å²) in [4.78, 5) is 26.3. The first kappa shape index (κ1) is 19.8. The number of fused-ring (bicyclic) bond motifs is 1. The van der Waals surface area contributed by atoms with Crippen LogP contribution < -0.4 is 19.7 Å². The van der Waals surface area contributed by atoms with Gasteiger partial charge in [0, 0.05) is 17.3 Å². The lowest BCUT2D eigenvalue weighted by atomic mass is 10.2. The molecule has 7 nitrogen and oxygen atoms in total. The van der Waals surface area contributed by atoms with Gasteiger partial charge in [-0.2, -0.15) is 0 Å². The average molecular weight is 427 g/mol. The Hall–Kier alpha value is -3.45. The summed E-state index contributed by atoms with van der Waals surface area (Å²) < 4.78 is 16.3. The van der Waals surface area contributed by atoms with E-state index in [1.807, 2.05) is 0 Å². The summed E-state index contributed by atoms with van der Waals surface area (Å²) in [6.45, 7) is 0.873. The van der Waals surface area contributed by atoms with Crippen LogP contribution in [-0.2, 0) is 4.79 Å². The van der Waals surface area contributed by atoms with E-state index in [-0.39, 0.29) is 24.2 Å². The first-order chi connectivity index (χ1) is 14.6. The van der Waals surface area contributed by atoms with Crippen LogP contribution in [0.3, 0.4) is 0 Å². The third kappa shape index (κ3) is 4.58. The van der Waals surface area contributed by atoms with E-state index in [2.05, 4.69) is 5.32 Å². The second kappa shape index (κ2) is 8.92. The number of hydrogen-bond donors (Lipinski definition) is 1. The zero-order valence-corrected chi connectivity index (χ0v) is 16.7. The van der Waals surface area contributed by atoms with Gasteiger partial charge in [-0.1, -0.05) is 11.6 Å². The quantitative estimate of drug-likeness (QED) is 0.567. The molecule has 30 heavy (non-hydrogen) atoms. The minimum Gasteiger partial charge on any atom is -0.494 e. The van der Waals surface area contributed by atoms with Crippen molar-refractivity contribution in [3.63, 3.8) is 0 Å². The van der Waals surface area contributed by atoms with Gasteiger partial charge in [0.15, 0.2) is 12.4 Å². The molecule has 154 valence electrons. The molecule has 2 heterocycles. The van der Waals surface area contributed by atoms with Crippen molar-refractivity contribution in [3.8, 4) is 11.5 Å². The average Bonchev–Trinajstić information content (AvgIpc) is 3.29. The van der Waals surface area contributed by atoms with Crippen LogP contribution in [-0.4, -0.2) is 31.6 Å². The molecular formula is C22H19ClN2O5. The Kier molecular flexibility index (Phi) is 5.90. The van der Waals surface area contributed by atoms with Crippen LogP contribution in [0.4, 0.5) is 11.4 Å². The normalized spacial score (nSPS) is 12.8. The van der Waals surface area contributed by atoms with Gasteiger partial charge in [0.1, 0.15) is 11.5 Å². The van der Waals surface area contributed by atoms with Gasteiger partial charge in [0.25, 0.3) is 11.8 Å². The number of carbonyl (C=O) groups excluding carboxylic acids is 2. The van der Waals surface area contributed by atoms with Crippen LogP contribution in [0.1, 0.15) is 17.0 Å². The molecule has 0 spiro atoms. The van der Waals surface area contributed by atoms with E-state index < -0.39 is 0 Å². The summed E-state index contributed by atoms with van der Waals surface area (Å²) >= 11 is 5.87. The Morgan fingerprint density at radius 3 is 2.77 bits per heavy atom. The van der Waals surface area contributed by atoms with Gasteiger partial charge in [-0.25, -0.2) is 0 Å². The molecule has 8 heteroatoms. The molecule has 0 unspecified atom stereocenters. The molecule has 1 aromatic heterocycles. The largest absolute Gasteiger partial charge is 0.494 e. The van der Waals surface area contributed by atoms with Gasteiger partial charge in [-0.15, -0.1) is 0 Å². The molecule has 1 aliphatic rings. The third-order valence-corrected chi connectivity index (χ3v) is 4.77. The van der Waals surface area contributed by atoms with Crippen molar-refractivity contribution in [1.29, 1.82) is 0 Å². The Labute approximate surface area is 178 Å². The number of hydrogen-bond acceptors (Lipinski definition) is 5. The number of ether oxygens (including phenoxy) is 2. The van der Waals surface area contributed by atoms with Crippen molar-refractivity contribution < 1.29 is 23.5 Å². The molecule has 1 N–H and O–H groups in total. The molecule has 0 saturated heterocycles. The summed E-state index contributed by atoms with van der Waals surface area (Å²) in [5.74, 6) is 0.992. The molecule has 2 aromatic carbocycles. The van der Waals surface area contributed by atoms with Crippen molar-refractivity contribution in [2.45, 2.75) is 6.42 Å². The maximum atomic E-state index is 12.4. The molecule has 0 saturated carbocycles. The van der Waals surface area contributed by atoms with Crippen molar-refractivity contribution in [2.24, 2.45) is 0 Å². The van der Waals surface area contributed by atoms with Gasteiger partial charge >= 0.3 is 0 Å². The zero-order valence-electron chi connectivity index (χ0n) is 16.0. The highest BCUT2D eigenvalue weighted by Crippen LogP contribution is 2.34. The number of anilines is 2. The summed E-state index contributed by atoms with van der Waals surface area (Å²) in [7, 11) is 0. The Morgan fingerprint density at radius 1 is 1.17 bits per heavy atom. The van der Waals surface area contributed by atoms with Crippen LogP contribution in [0.25, 0.3) is 0 Å². The van der Waals surface area contributed by atoms with E-state index in [4.69, 9.17) is 25.5 Å². The van der Waals surface area contributed by atoms with Crippen molar-refractivity contribution >= 4 is 34.8 Å². The lowest BCUT2D eigenvalue weighted by Gasteiger charge is -2.29. The molecule has 4 rings (SSSR count). The Bertz CT molecular complexity index is 1030. The van der Waals surface area contributed by atoms with Crippen LogP contribution >= 0.6 is 11.6 Å². The summed E-state index contributed by atoms with van der Waals surface area (Å²) in [6, 6.07) is 15.5. The van der Waals surface area contributed by atoms with E-state index >= 15 is 0 Å². The van der Waals surface area contributed by atoms with Crippen LogP contribution in [0.5, 0.6) is 11.5 Å². The van der Waals surface area contributed by atoms with E-state index in [1.54, 1.807) is 59.5 Å². The highest BCUT2D eigenvalue weighted by Gasteiger charge is 2.26. The topological polar surface area (TPSA) is 81.0 Å². The summed E-state index contributed by atoms with van der Waals surface area (Å²) in [5, 5.41) is 3.41. The smallest absolute Gasteiger partial charge is 0.291 e. The first-order valence-electron chi connectivity index (χ1n) is 9.40. The van der Waals surface area contributed by atoms with Gasteiger partial charge in [0.2, 0.25) is 0 Å². The molecule has 1 aliphatic heterocycles. The van der Waals surface area contributed by atoms with Crippen LogP contribution in [0.15, 0.2) is 65.3 Å². The SMILES string of the molecule is O=C(Nc1ccc2c(c1)N(CCCOc1ccc(Cl)cc1)C(=O)CO2)c1ccco1. The van der Waals surface area contributed by atoms with Crippen LogP contribution in [0, 0.1) is 0 Å². The summed E-state index contributed by atoms with van der Waals surface area (Å²) in [5.41, 5.74) is 1.14. The number of amides is 2. The maximum absolute atomic E-state index is 12.4. The highest BCUT2D eigenvalue weighted by atomic mass is 35.5. The predicted octanol–water partition coefficient (Wildman–Crippen LogP) is 4.38. The first-order valence-corrected chi connectivity index (χ1v) is 9.78. The van der Waals surface area contributed by atoms with Crippen molar-refractivity contribution in [2.75, 3.05) is 30.0 Å². The monoisotopic (exact) mass is 426 g/mol. The molecule has 0 aliphatic carbocycles. The van der Waals surface area contributed by atoms with Gasteiger partial charge in [-0.3, -0.25) is 9.59 Å². The number of benzene rings is 2. The van der Waals surface area contributed by atoms with E-state index in [0.717, 1.165) is 5.75 Å².